The zero-order valence-electron chi connectivity index (χ0n) is 15.7. The summed E-state index contributed by atoms with van der Waals surface area (Å²) in [6, 6.07) is 14.7. The number of rotatable bonds is 3. The van der Waals surface area contributed by atoms with Crippen LogP contribution in [0.25, 0.3) is 0 Å². The number of carbonyl (C=O) groups excluding carboxylic acids is 1. The predicted octanol–water partition coefficient (Wildman–Crippen LogP) is 4.04. The highest BCUT2D eigenvalue weighted by atomic mass is 32.2. The zero-order valence-corrected chi connectivity index (χ0v) is 16.5. The van der Waals surface area contributed by atoms with Crippen molar-refractivity contribution in [3.05, 3.63) is 59.8 Å². The van der Waals surface area contributed by atoms with Gasteiger partial charge < -0.3 is 9.80 Å². The first-order valence-electron chi connectivity index (χ1n) is 9.94. The fourth-order valence-electron chi connectivity index (χ4n) is 4.03. The van der Waals surface area contributed by atoms with Crippen molar-refractivity contribution in [3.63, 3.8) is 0 Å². The highest BCUT2D eigenvalue weighted by Crippen LogP contribution is 2.28. The summed E-state index contributed by atoms with van der Waals surface area (Å²) in [7, 11) is 0. The molecule has 27 heavy (non-hydrogen) atoms. The SMILES string of the molecule is O=C(c1ccc(N2CCSCC2)nc1)N1CCC[C@@H](c2ccccc2)CC1. The van der Waals surface area contributed by atoms with Crippen LogP contribution in [0, 0.1) is 0 Å². The smallest absolute Gasteiger partial charge is 0.255 e. The van der Waals surface area contributed by atoms with Crippen molar-refractivity contribution in [1.29, 1.82) is 0 Å². The van der Waals surface area contributed by atoms with E-state index in [0.717, 1.165) is 62.8 Å². The lowest BCUT2D eigenvalue weighted by Gasteiger charge is -2.27. The van der Waals surface area contributed by atoms with E-state index >= 15 is 0 Å². The van der Waals surface area contributed by atoms with Crippen molar-refractivity contribution < 1.29 is 4.79 Å². The first-order chi connectivity index (χ1) is 13.3. The molecule has 142 valence electrons. The van der Waals surface area contributed by atoms with E-state index in [0.29, 0.717) is 11.5 Å². The number of nitrogens with zero attached hydrogens (tertiary/aromatic N) is 3. The van der Waals surface area contributed by atoms with E-state index in [2.05, 4.69) is 40.2 Å². The summed E-state index contributed by atoms with van der Waals surface area (Å²) in [5.41, 5.74) is 2.11. The molecule has 0 radical (unpaired) electrons. The van der Waals surface area contributed by atoms with Gasteiger partial charge in [-0.1, -0.05) is 30.3 Å². The number of thioether (sulfide) groups is 1. The Labute approximate surface area is 166 Å². The van der Waals surface area contributed by atoms with Crippen LogP contribution in [0.15, 0.2) is 48.7 Å². The molecule has 2 aliphatic rings. The van der Waals surface area contributed by atoms with E-state index in [1.165, 1.54) is 5.56 Å². The molecule has 0 saturated carbocycles. The highest BCUT2D eigenvalue weighted by Gasteiger charge is 2.23. The number of aromatic nitrogens is 1. The minimum Gasteiger partial charge on any atom is -0.355 e. The highest BCUT2D eigenvalue weighted by molar-refractivity contribution is 7.99. The summed E-state index contributed by atoms with van der Waals surface area (Å²) >= 11 is 1.99. The van der Waals surface area contributed by atoms with Crippen molar-refractivity contribution in [2.24, 2.45) is 0 Å². The van der Waals surface area contributed by atoms with Crippen LogP contribution in [0.2, 0.25) is 0 Å². The van der Waals surface area contributed by atoms with Gasteiger partial charge in [0.05, 0.1) is 5.56 Å². The number of benzene rings is 1. The van der Waals surface area contributed by atoms with Crippen LogP contribution >= 0.6 is 11.8 Å². The Kier molecular flexibility index (Phi) is 5.97. The number of carbonyl (C=O) groups is 1. The van der Waals surface area contributed by atoms with Crippen LogP contribution < -0.4 is 4.90 Å². The number of anilines is 1. The molecule has 5 heteroatoms. The van der Waals surface area contributed by atoms with Gasteiger partial charge in [0.25, 0.3) is 5.91 Å². The average Bonchev–Trinajstić information content (AvgIpc) is 3.01. The molecule has 1 aromatic heterocycles. The normalized spacial score (nSPS) is 21.0. The van der Waals surface area contributed by atoms with Gasteiger partial charge in [-0.15, -0.1) is 0 Å². The summed E-state index contributed by atoms with van der Waals surface area (Å²) in [4.78, 5) is 21.8. The quantitative estimate of drug-likeness (QED) is 0.804. The van der Waals surface area contributed by atoms with E-state index in [-0.39, 0.29) is 5.91 Å². The first kappa shape index (κ1) is 18.4. The van der Waals surface area contributed by atoms with Gasteiger partial charge in [-0.25, -0.2) is 4.98 Å². The number of likely N-dealkylation sites (tertiary alicyclic amines) is 1. The molecule has 2 aliphatic heterocycles. The number of hydrogen-bond donors (Lipinski definition) is 0. The molecule has 0 N–H and O–H groups in total. The van der Waals surface area contributed by atoms with Crippen LogP contribution in [-0.2, 0) is 0 Å². The third-order valence-electron chi connectivity index (χ3n) is 5.62. The van der Waals surface area contributed by atoms with Crippen LogP contribution in [-0.4, -0.2) is 53.5 Å². The zero-order chi connectivity index (χ0) is 18.5. The van der Waals surface area contributed by atoms with Crippen LogP contribution in [0.1, 0.15) is 41.1 Å². The number of hydrogen-bond acceptors (Lipinski definition) is 4. The van der Waals surface area contributed by atoms with E-state index in [4.69, 9.17) is 0 Å². The molecule has 0 spiro atoms. The lowest BCUT2D eigenvalue weighted by Crippen LogP contribution is -2.34. The molecular formula is C22H27N3OS. The summed E-state index contributed by atoms with van der Waals surface area (Å²) in [5, 5.41) is 0. The van der Waals surface area contributed by atoms with Gasteiger partial charge in [0.1, 0.15) is 5.82 Å². The molecule has 0 aliphatic carbocycles. The molecule has 3 heterocycles. The van der Waals surface area contributed by atoms with Crippen LogP contribution in [0.4, 0.5) is 5.82 Å². The first-order valence-corrected chi connectivity index (χ1v) is 11.1. The maximum atomic E-state index is 13.0. The van der Waals surface area contributed by atoms with Crippen molar-refractivity contribution in [2.45, 2.75) is 25.2 Å². The van der Waals surface area contributed by atoms with E-state index in [1.54, 1.807) is 6.20 Å². The molecule has 1 amide bonds. The lowest BCUT2D eigenvalue weighted by atomic mass is 9.92. The number of pyridine rings is 1. The Morgan fingerprint density at radius 1 is 0.963 bits per heavy atom. The van der Waals surface area contributed by atoms with Gasteiger partial charge in [-0.05, 0) is 42.9 Å². The van der Waals surface area contributed by atoms with E-state index < -0.39 is 0 Å². The largest absolute Gasteiger partial charge is 0.355 e. The van der Waals surface area contributed by atoms with Gasteiger partial charge in [0, 0.05) is 43.9 Å². The van der Waals surface area contributed by atoms with Gasteiger partial charge >= 0.3 is 0 Å². The molecule has 4 rings (SSSR count). The standard InChI is InChI=1S/C22H27N3OS/c26-22(20-8-9-21(23-17-20)24-13-15-27-16-14-24)25-11-4-7-19(10-12-25)18-5-2-1-3-6-18/h1-3,5-6,8-9,17,19H,4,7,10-16H2/t19-/m1/s1. The topological polar surface area (TPSA) is 36.4 Å². The molecule has 1 aromatic carbocycles. The fourth-order valence-corrected chi connectivity index (χ4v) is 4.94. The number of amides is 1. The van der Waals surface area contributed by atoms with Gasteiger partial charge in [0.15, 0.2) is 0 Å². The molecule has 2 saturated heterocycles. The second-order valence-electron chi connectivity index (χ2n) is 7.34. The van der Waals surface area contributed by atoms with E-state index in [1.807, 2.05) is 28.8 Å². The minimum atomic E-state index is 0.122. The van der Waals surface area contributed by atoms with E-state index in [9.17, 15) is 4.79 Å². The molecule has 2 fully saturated rings. The van der Waals surface area contributed by atoms with Gasteiger partial charge in [0.2, 0.25) is 0 Å². The molecule has 2 aromatic rings. The monoisotopic (exact) mass is 381 g/mol. The predicted molar refractivity (Wildman–Crippen MR) is 113 cm³/mol. The maximum absolute atomic E-state index is 13.0. The Bertz CT molecular complexity index is 744. The Morgan fingerprint density at radius 2 is 1.78 bits per heavy atom. The Balaban J connectivity index is 1.39. The second-order valence-corrected chi connectivity index (χ2v) is 8.56. The molecule has 0 bridgehead atoms. The van der Waals surface area contributed by atoms with Crippen molar-refractivity contribution in [1.82, 2.24) is 9.88 Å². The summed E-state index contributed by atoms with van der Waals surface area (Å²) in [6.45, 7) is 3.74. The van der Waals surface area contributed by atoms with Crippen LogP contribution in [0.3, 0.4) is 0 Å². The van der Waals surface area contributed by atoms with Gasteiger partial charge in [-0.3, -0.25) is 4.79 Å². The Morgan fingerprint density at radius 3 is 2.52 bits per heavy atom. The lowest BCUT2D eigenvalue weighted by molar-refractivity contribution is 0.0760. The van der Waals surface area contributed by atoms with Crippen molar-refractivity contribution in [2.75, 3.05) is 42.6 Å². The van der Waals surface area contributed by atoms with Crippen molar-refractivity contribution in [3.8, 4) is 0 Å². The molecule has 4 nitrogen and oxygen atoms in total. The average molecular weight is 382 g/mol. The summed E-state index contributed by atoms with van der Waals surface area (Å²) in [5.74, 6) is 3.97. The minimum absolute atomic E-state index is 0.122. The van der Waals surface area contributed by atoms with Crippen molar-refractivity contribution >= 4 is 23.5 Å². The molecular weight excluding hydrogens is 354 g/mol. The third kappa shape index (κ3) is 4.46. The molecule has 0 unspecified atom stereocenters. The summed E-state index contributed by atoms with van der Waals surface area (Å²) in [6.07, 6.45) is 5.01. The summed E-state index contributed by atoms with van der Waals surface area (Å²) < 4.78 is 0. The third-order valence-corrected chi connectivity index (χ3v) is 6.56. The van der Waals surface area contributed by atoms with Gasteiger partial charge in [-0.2, -0.15) is 11.8 Å². The fraction of sp³-hybridized carbons (Fsp3) is 0.455. The Hall–Kier alpha value is -2.01. The van der Waals surface area contributed by atoms with Crippen LogP contribution in [0.5, 0.6) is 0 Å². The second kappa shape index (κ2) is 8.79. The molecule has 1 atom stereocenters. The maximum Gasteiger partial charge on any atom is 0.255 e.